The third-order valence-electron chi connectivity index (χ3n) is 8.82. The molecule has 3 atom stereocenters. The van der Waals surface area contributed by atoms with E-state index in [0.717, 1.165) is 36.1 Å². The van der Waals surface area contributed by atoms with E-state index in [1.807, 2.05) is 36.4 Å². The lowest BCUT2D eigenvalue weighted by atomic mass is 9.94. The zero-order chi connectivity index (χ0) is 27.6. The molecule has 38 heavy (non-hydrogen) atoms. The molecule has 0 aromatic heterocycles. The third kappa shape index (κ3) is 7.96. The van der Waals surface area contributed by atoms with Crippen molar-refractivity contribution < 1.29 is 14.3 Å². The average molecular weight is 534 g/mol. The summed E-state index contributed by atoms with van der Waals surface area (Å²) in [4.78, 5) is 12.7. The van der Waals surface area contributed by atoms with E-state index >= 15 is 0 Å². The van der Waals surface area contributed by atoms with Crippen LogP contribution in [0.4, 0.5) is 0 Å². The standard InChI is InChI=1S/C33H47NO3Si/c1-6-8-9-10-11-12-22-36-30-17-13-27(14-18-30)32(35)37-31-19-15-28(16-20-31)33(25-34)24-29(33)21-23-38(4,5)26(3)7-2/h13-20,26,29H,6-12,21-24H2,1-5H3/t26?,29-,33-/m0/s1. The first kappa shape index (κ1) is 30.0. The second kappa shape index (κ2) is 14.0. The molecule has 0 bridgehead atoms. The molecule has 1 aliphatic rings. The molecule has 0 N–H and O–H groups in total. The smallest absolute Gasteiger partial charge is 0.343 e. The summed E-state index contributed by atoms with van der Waals surface area (Å²) < 4.78 is 11.4. The summed E-state index contributed by atoms with van der Waals surface area (Å²) in [5, 5.41) is 10.0. The molecule has 1 unspecified atom stereocenters. The van der Waals surface area contributed by atoms with Crippen molar-refractivity contribution in [2.24, 2.45) is 5.92 Å². The minimum absolute atomic E-state index is 0.381. The van der Waals surface area contributed by atoms with E-state index in [2.05, 4.69) is 39.9 Å². The molecule has 3 rings (SSSR count). The van der Waals surface area contributed by atoms with Gasteiger partial charge in [0.1, 0.15) is 11.5 Å². The fraction of sp³-hybridized carbons (Fsp3) is 0.576. The van der Waals surface area contributed by atoms with Crippen LogP contribution in [0.1, 0.15) is 94.5 Å². The Morgan fingerprint density at radius 1 is 1.00 bits per heavy atom. The molecule has 0 aliphatic heterocycles. The Morgan fingerprint density at radius 3 is 2.26 bits per heavy atom. The Bertz CT molecular complexity index is 1060. The number of hydrogen-bond donors (Lipinski definition) is 0. The first-order valence-electron chi connectivity index (χ1n) is 14.7. The van der Waals surface area contributed by atoms with Crippen LogP contribution in [-0.4, -0.2) is 20.7 Å². The van der Waals surface area contributed by atoms with Crippen molar-refractivity contribution in [3.63, 3.8) is 0 Å². The summed E-state index contributed by atoms with van der Waals surface area (Å²) in [6.45, 7) is 12.6. The maximum atomic E-state index is 12.7. The van der Waals surface area contributed by atoms with Crippen molar-refractivity contribution in [3.05, 3.63) is 59.7 Å². The molecule has 0 saturated heterocycles. The van der Waals surface area contributed by atoms with Gasteiger partial charge in [0, 0.05) is 0 Å². The van der Waals surface area contributed by atoms with E-state index in [4.69, 9.17) is 9.47 Å². The van der Waals surface area contributed by atoms with Crippen LogP contribution >= 0.6 is 0 Å². The highest BCUT2D eigenvalue weighted by Crippen LogP contribution is 2.57. The maximum absolute atomic E-state index is 12.7. The van der Waals surface area contributed by atoms with Crippen LogP contribution in [-0.2, 0) is 5.41 Å². The number of nitrogens with zero attached hydrogens (tertiary/aromatic N) is 1. The fourth-order valence-electron chi connectivity index (χ4n) is 5.32. The van der Waals surface area contributed by atoms with Gasteiger partial charge in [-0.3, -0.25) is 0 Å². The van der Waals surface area contributed by atoms with Gasteiger partial charge in [0.25, 0.3) is 0 Å². The Hall–Kier alpha value is -2.58. The van der Waals surface area contributed by atoms with Crippen molar-refractivity contribution in [2.75, 3.05) is 6.61 Å². The van der Waals surface area contributed by atoms with Crippen LogP contribution in [0.3, 0.4) is 0 Å². The molecule has 0 spiro atoms. The molecule has 1 aliphatic carbocycles. The summed E-state index contributed by atoms with van der Waals surface area (Å²) in [5.74, 6) is 1.31. The number of esters is 1. The van der Waals surface area contributed by atoms with Gasteiger partial charge in [-0.15, -0.1) is 0 Å². The van der Waals surface area contributed by atoms with Gasteiger partial charge < -0.3 is 9.47 Å². The highest BCUT2D eigenvalue weighted by atomic mass is 28.3. The van der Waals surface area contributed by atoms with Crippen molar-refractivity contribution in [3.8, 4) is 17.6 Å². The van der Waals surface area contributed by atoms with Crippen LogP contribution in [0.2, 0.25) is 24.7 Å². The first-order chi connectivity index (χ1) is 18.3. The molecule has 1 saturated carbocycles. The van der Waals surface area contributed by atoms with Gasteiger partial charge in [-0.1, -0.05) is 97.0 Å². The van der Waals surface area contributed by atoms with Crippen LogP contribution in [0.5, 0.6) is 11.5 Å². The molecule has 4 nitrogen and oxygen atoms in total. The zero-order valence-corrected chi connectivity index (χ0v) is 25.2. The van der Waals surface area contributed by atoms with Gasteiger partial charge in [0.05, 0.1) is 31.7 Å². The number of ether oxygens (including phenoxy) is 2. The second-order valence-corrected chi connectivity index (χ2v) is 17.3. The number of benzene rings is 2. The van der Waals surface area contributed by atoms with Crippen molar-refractivity contribution in [1.82, 2.24) is 0 Å². The van der Waals surface area contributed by atoms with E-state index < -0.39 is 14.0 Å². The van der Waals surface area contributed by atoms with Gasteiger partial charge in [-0.05, 0) is 66.3 Å². The lowest BCUT2D eigenvalue weighted by molar-refractivity contribution is 0.0734. The number of carbonyl (C=O) groups is 1. The Morgan fingerprint density at radius 2 is 1.63 bits per heavy atom. The number of carbonyl (C=O) groups excluding carboxylic acids is 1. The van der Waals surface area contributed by atoms with E-state index in [1.165, 1.54) is 44.6 Å². The minimum Gasteiger partial charge on any atom is -0.494 e. The van der Waals surface area contributed by atoms with E-state index in [-0.39, 0.29) is 5.41 Å². The highest BCUT2D eigenvalue weighted by molar-refractivity contribution is 6.78. The summed E-state index contributed by atoms with van der Waals surface area (Å²) >= 11 is 0. The van der Waals surface area contributed by atoms with Gasteiger partial charge in [0.2, 0.25) is 0 Å². The Balaban J connectivity index is 1.47. The largest absolute Gasteiger partial charge is 0.494 e. The molecule has 5 heteroatoms. The van der Waals surface area contributed by atoms with Gasteiger partial charge in [-0.25, -0.2) is 4.79 Å². The molecule has 2 aromatic rings. The Labute approximate surface area is 231 Å². The molecule has 0 heterocycles. The van der Waals surface area contributed by atoms with Crippen LogP contribution < -0.4 is 9.47 Å². The lowest BCUT2D eigenvalue weighted by Crippen LogP contribution is -2.30. The van der Waals surface area contributed by atoms with E-state index in [1.54, 1.807) is 12.1 Å². The number of hydrogen-bond acceptors (Lipinski definition) is 4. The topological polar surface area (TPSA) is 59.3 Å². The average Bonchev–Trinajstić information content (AvgIpc) is 3.66. The molecule has 2 aromatic carbocycles. The molecular weight excluding hydrogens is 486 g/mol. The second-order valence-electron chi connectivity index (χ2n) is 11.9. The minimum atomic E-state index is -1.26. The zero-order valence-electron chi connectivity index (χ0n) is 24.2. The van der Waals surface area contributed by atoms with Crippen molar-refractivity contribution in [1.29, 1.82) is 5.26 Å². The maximum Gasteiger partial charge on any atom is 0.343 e. The number of rotatable bonds is 16. The molecule has 206 valence electrons. The summed E-state index contributed by atoms with van der Waals surface area (Å²) in [7, 11) is -1.26. The first-order valence-corrected chi connectivity index (χ1v) is 18.0. The van der Waals surface area contributed by atoms with Crippen LogP contribution in [0.15, 0.2) is 48.5 Å². The van der Waals surface area contributed by atoms with Gasteiger partial charge >= 0.3 is 5.97 Å². The van der Waals surface area contributed by atoms with E-state index in [0.29, 0.717) is 23.8 Å². The predicted octanol–water partition coefficient (Wildman–Crippen LogP) is 9.32. The predicted molar refractivity (Wildman–Crippen MR) is 159 cm³/mol. The van der Waals surface area contributed by atoms with Crippen molar-refractivity contribution in [2.45, 2.75) is 109 Å². The van der Waals surface area contributed by atoms with Gasteiger partial charge in [0.15, 0.2) is 0 Å². The van der Waals surface area contributed by atoms with Crippen molar-refractivity contribution >= 4 is 14.0 Å². The normalized spacial score (nSPS) is 19.4. The molecule has 1 fully saturated rings. The molecule has 0 amide bonds. The number of unbranched alkanes of at least 4 members (excludes halogenated alkanes) is 5. The Kier molecular flexibility index (Phi) is 11.0. The monoisotopic (exact) mass is 533 g/mol. The summed E-state index contributed by atoms with van der Waals surface area (Å²) in [6.07, 6.45) is 10.7. The van der Waals surface area contributed by atoms with E-state index in [9.17, 15) is 10.1 Å². The summed E-state index contributed by atoms with van der Waals surface area (Å²) in [5.41, 5.74) is 1.96. The molecular formula is C33H47NO3Si. The van der Waals surface area contributed by atoms with Gasteiger partial charge in [-0.2, -0.15) is 5.26 Å². The molecule has 0 radical (unpaired) electrons. The summed E-state index contributed by atoms with van der Waals surface area (Å²) in [6, 6.07) is 18.6. The third-order valence-corrected chi connectivity index (χ3v) is 13.5. The fourth-order valence-corrected chi connectivity index (χ4v) is 8.01. The lowest BCUT2D eigenvalue weighted by Gasteiger charge is -2.29. The highest BCUT2D eigenvalue weighted by Gasteiger charge is 2.56. The quantitative estimate of drug-likeness (QED) is 0.0933. The van der Waals surface area contributed by atoms with Crippen LogP contribution in [0.25, 0.3) is 0 Å². The van der Waals surface area contributed by atoms with Crippen LogP contribution in [0, 0.1) is 17.2 Å². The number of nitriles is 1. The SMILES string of the molecule is CCCCCCCCOc1ccc(C(=O)Oc2ccc([C@@]3(C#N)C[C@@H]3CC[Si](C)(C)C(C)CC)cc2)cc1.